The van der Waals surface area contributed by atoms with E-state index in [9.17, 15) is 9.18 Å². The predicted molar refractivity (Wildman–Crippen MR) is 137 cm³/mol. The van der Waals surface area contributed by atoms with Crippen molar-refractivity contribution in [3.05, 3.63) is 65.6 Å². The first-order valence-corrected chi connectivity index (χ1v) is 10.3. The molecule has 0 aliphatic rings. The van der Waals surface area contributed by atoms with E-state index in [4.69, 9.17) is 4.74 Å². The van der Waals surface area contributed by atoms with Gasteiger partial charge in [0.15, 0.2) is 5.96 Å². The largest absolute Gasteiger partial charge is 0.497 e. The maximum absolute atomic E-state index is 13.3. The minimum Gasteiger partial charge on any atom is -0.497 e. The first-order chi connectivity index (χ1) is 15.1. The third-order valence-electron chi connectivity index (χ3n) is 4.76. The third-order valence-corrected chi connectivity index (χ3v) is 4.76. The standard InChI is InChI=1S/C23H28FN5O2.HI/c1-3-25-23(27-10-9-17-15-29-21-14-18(24)7-8-20(17)21)28-12-11-26-22(30)16-5-4-6-19(13-16)31-2;/h4-8,13-15,29H,3,9-12H2,1-2H3,(H,26,30)(H2,25,27,28);1H. The number of benzene rings is 2. The van der Waals surface area contributed by atoms with Gasteiger partial charge >= 0.3 is 0 Å². The van der Waals surface area contributed by atoms with Crippen LogP contribution in [0.15, 0.2) is 53.7 Å². The molecule has 0 fully saturated rings. The number of guanidine groups is 1. The first kappa shape index (κ1) is 25.4. The van der Waals surface area contributed by atoms with Gasteiger partial charge in [0.1, 0.15) is 11.6 Å². The summed E-state index contributed by atoms with van der Waals surface area (Å²) in [5.41, 5.74) is 2.44. The summed E-state index contributed by atoms with van der Waals surface area (Å²) in [7, 11) is 1.57. The molecule has 7 nitrogen and oxygen atoms in total. The highest BCUT2D eigenvalue weighted by Gasteiger charge is 2.07. The van der Waals surface area contributed by atoms with Crippen molar-refractivity contribution in [2.45, 2.75) is 13.3 Å². The number of aromatic nitrogens is 1. The molecule has 172 valence electrons. The van der Waals surface area contributed by atoms with Crippen LogP contribution in [-0.2, 0) is 6.42 Å². The molecule has 2 aromatic carbocycles. The van der Waals surface area contributed by atoms with E-state index in [-0.39, 0.29) is 35.7 Å². The Kier molecular flexibility index (Phi) is 10.3. The minimum absolute atomic E-state index is 0. The molecule has 0 aliphatic heterocycles. The van der Waals surface area contributed by atoms with Crippen molar-refractivity contribution >= 4 is 46.7 Å². The fraction of sp³-hybridized carbons (Fsp3) is 0.304. The Hall–Kier alpha value is -2.82. The monoisotopic (exact) mass is 553 g/mol. The second kappa shape index (κ2) is 12.9. The summed E-state index contributed by atoms with van der Waals surface area (Å²) < 4.78 is 18.5. The van der Waals surface area contributed by atoms with E-state index >= 15 is 0 Å². The SMILES string of the molecule is CCNC(=NCCc1c[nH]c2cc(F)ccc12)NCCNC(=O)c1cccc(OC)c1.I. The number of rotatable bonds is 9. The molecule has 32 heavy (non-hydrogen) atoms. The smallest absolute Gasteiger partial charge is 0.251 e. The van der Waals surface area contributed by atoms with Crippen molar-refractivity contribution in [3.8, 4) is 5.75 Å². The first-order valence-electron chi connectivity index (χ1n) is 10.3. The van der Waals surface area contributed by atoms with Crippen molar-refractivity contribution in [1.82, 2.24) is 20.9 Å². The number of nitrogens with one attached hydrogen (secondary N) is 4. The molecule has 0 saturated heterocycles. The zero-order chi connectivity index (χ0) is 22.1. The third kappa shape index (κ3) is 7.11. The van der Waals surface area contributed by atoms with Gasteiger partial charge < -0.3 is 25.7 Å². The molecule has 0 unspecified atom stereocenters. The lowest BCUT2D eigenvalue weighted by Gasteiger charge is -2.12. The number of hydrogen-bond acceptors (Lipinski definition) is 3. The second-order valence-electron chi connectivity index (χ2n) is 6.93. The van der Waals surface area contributed by atoms with Gasteiger partial charge in [0, 0.05) is 48.8 Å². The molecule has 3 rings (SSSR count). The summed E-state index contributed by atoms with van der Waals surface area (Å²) in [6, 6.07) is 11.8. The molecule has 1 aromatic heterocycles. The van der Waals surface area contributed by atoms with Crippen LogP contribution in [-0.4, -0.2) is 50.1 Å². The Morgan fingerprint density at radius 3 is 2.72 bits per heavy atom. The van der Waals surface area contributed by atoms with Crippen molar-refractivity contribution in [2.75, 3.05) is 33.3 Å². The topological polar surface area (TPSA) is 90.5 Å². The van der Waals surface area contributed by atoms with E-state index in [0.717, 1.165) is 29.4 Å². The molecule has 9 heteroatoms. The minimum atomic E-state index is -0.254. The molecule has 1 heterocycles. The quantitative estimate of drug-likeness (QED) is 0.142. The van der Waals surface area contributed by atoms with Crippen LogP contribution in [0.5, 0.6) is 5.75 Å². The highest BCUT2D eigenvalue weighted by molar-refractivity contribution is 14.0. The normalized spacial score (nSPS) is 11.0. The highest BCUT2D eigenvalue weighted by atomic mass is 127. The molecule has 0 saturated carbocycles. The van der Waals surface area contributed by atoms with Crippen LogP contribution in [0.2, 0.25) is 0 Å². The molecule has 1 amide bonds. The van der Waals surface area contributed by atoms with Crippen molar-refractivity contribution in [3.63, 3.8) is 0 Å². The van der Waals surface area contributed by atoms with Crippen LogP contribution < -0.4 is 20.7 Å². The molecule has 3 aromatic rings. The number of hydrogen-bond donors (Lipinski definition) is 4. The summed E-state index contributed by atoms with van der Waals surface area (Å²) >= 11 is 0. The van der Waals surface area contributed by atoms with Crippen molar-refractivity contribution in [1.29, 1.82) is 0 Å². The Labute approximate surface area is 204 Å². The molecule has 0 radical (unpaired) electrons. The lowest BCUT2D eigenvalue weighted by atomic mass is 10.1. The number of ether oxygens (including phenoxy) is 1. The van der Waals surface area contributed by atoms with E-state index < -0.39 is 0 Å². The second-order valence-corrected chi connectivity index (χ2v) is 6.93. The molecule has 0 atom stereocenters. The fourth-order valence-corrected chi connectivity index (χ4v) is 3.22. The lowest BCUT2D eigenvalue weighted by Crippen LogP contribution is -2.41. The molecular weight excluding hydrogens is 524 g/mol. The number of carbonyl (C=O) groups is 1. The highest BCUT2D eigenvalue weighted by Crippen LogP contribution is 2.19. The summed E-state index contributed by atoms with van der Waals surface area (Å²) in [5, 5.41) is 10.3. The number of H-pyrrole nitrogens is 1. The van der Waals surface area contributed by atoms with Gasteiger partial charge in [-0.25, -0.2) is 4.39 Å². The van der Waals surface area contributed by atoms with Gasteiger partial charge in [0.2, 0.25) is 0 Å². The maximum atomic E-state index is 13.3. The molecule has 0 spiro atoms. The fourth-order valence-electron chi connectivity index (χ4n) is 3.22. The number of methoxy groups -OCH3 is 1. The van der Waals surface area contributed by atoms with Gasteiger partial charge in [0.25, 0.3) is 5.91 Å². The van der Waals surface area contributed by atoms with Gasteiger partial charge in [-0.3, -0.25) is 9.79 Å². The summed E-state index contributed by atoms with van der Waals surface area (Å²) in [6.45, 7) is 4.29. The average molecular weight is 553 g/mol. The Balaban J connectivity index is 0.00000363. The maximum Gasteiger partial charge on any atom is 0.251 e. The summed E-state index contributed by atoms with van der Waals surface area (Å²) in [4.78, 5) is 19.9. The number of halogens is 2. The van der Waals surface area contributed by atoms with Crippen LogP contribution in [0.1, 0.15) is 22.8 Å². The number of aromatic amines is 1. The zero-order valence-corrected chi connectivity index (χ0v) is 20.5. The van der Waals surface area contributed by atoms with Crippen LogP contribution in [0.4, 0.5) is 4.39 Å². The number of carbonyl (C=O) groups excluding carboxylic acids is 1. The molecule has 4 N–H and O–H groups in total. The van der Waals surface area contributed by atoms with E-state index in [1.165, 1.54) is 12.1 Å². The van der Waals surface area contributed by atoms with Gasteiger partial charge in [-0.2, -0.15) is 0 Å². The number of nitrogens with zero attached hydrogens (tertiary/aromatic N) is 1. The van der Waals surface area contributed by atoms with E-state index in [2.05, 4.69) is 25.9 Å². The number of aliphatic imine (C=N–C) groups is 1. The predicted octanol–water partition coefficient (Wildman–Crippen LogP) is 3.46. The summed E-state index contributed by atoms with van der Waals surface area (Å²) in [6.07, 6.45) is 2.63. The van der Waals surface area contributed by atoms with E-state index in [1.807, 2.05) is 13.1 Å². The van der Waals surface area contributed by atoms with Crippen LogP contribution in [0, 0.1) is 5.82 Å². The molecule has 0 bridgehead atoms. The van der Waals surface area contributed by atoms with Crippen molar-refractivity contribution < 1.29 is 13.9 Å². The van der Waals surface area contributed by atoms with Gasteiger partial charge in [-0.15, -0.1) is 24.0 Å². The number of fused-ring (bicyclic) bond motifs is 1. The van der Waals surface area contributed by atoms with Crippen molar-refractivity contribution in [2.24, 2.45) is 4.99 Å². The van der Waals surface area contributed by atoms with Gasteiger partial charge in [0.05, 0.1) is 7.11 Å². The van der Waals surface area contributed by atoms with Crippen LogP contribution in [0.3, 0.4) is 0 Å². The Bertz CT molecular complexity index is 1050. The van der Waals surface area contributed by atoms with E-state index in [1.54, 1.807) is 37.4 Å². The van der Waals surface area contributed by atoms with Gasteiger partial charge in [-0.1, -0.05) is 6.07 Å². The van der Waals surface area contributed by atoms with Gasteiger partial charge in [-0.05, 0) is 55.3 Å². The van der Waals surface area contributed by atoms with E-state index in [0.29, 0.717) is 36.9 Å². The van der Waals surface area contributed by atoms with Crippen LogP contribution >= 0.6 is 24.0 Å². The van der Waals surface area contributed by atoms with Crippen LogP contribution in [0.25, 0.3) is 10.9 Å². The Morgan fingerprint density at radius 1 is 1.12 bits per heavy atom. The molecule has 0 aliphatic carbocycles. The average Bonchev–Trinajstić information content (AvgIpc) is 3.18. The lowest BCUT2D eigenvalue weighted by molar-refractivity contribution is 0.0954. The summed E-state index contributed by atoms with van der Waals surface area (Å²) in [5.74, 6) is 0.922. The number of amides is 1. The Morgan fingerprint density at radius 2 is 1.94 bits per heavy atom. The molecular formula is C23H29FIN5O2. The zero-order valence-electron chi connectivity index (χ0n) is 18.2.